The van der Waals surface area contributed by atoms with E-state index in [1.54, 1.807) is 34.6 Å². The summed E-state index contributed by atoms with van der Waals surface area (Å²) < 4.78 is 5.18. The van der Waals surface area contributed by atoms with Gasteiger partial charge in [0, 0.05) is 5.69 Å². The van der Waals surface area contributed by atoms with Crippen LogP contribution in [0.2, 0.25) is 0 Å². The third-order valence-electron chi connectivity index (χ3n) is 2.94. The highest BCUT2D eigenvalue weighted by molar-refractivity contribution is 5.86. The minimum atomic E-state index is -1.03. The number of anilines is 1. The molecular formula is C16H23NO5. The zero-order valence-corrected chi connectivity index (χ0v) is 13.6. The zero-order valence-electron chi connectivity index (χ0n) is 13.6. The third-order valence-corrected chi connectivity index (χ3v) is 2.94. The van der Waals surface area contributed by atoms with Crippen molar-refractivity contribution in [3.63, 3.8) is 0 Å². The van der Waals surface area contributed by atoms with E-state index in [0.29, 0.717) is 11.3 Å². The molecule has 1 aromatic carbocycles. The number of amides is 1. The molecule has 0 saturated heterocycles. The minimum Gasteiger partial charge on any atom is -0.508 e. The number of benzene rings is 1. The number of aromatic hydroxyl groups is 1. The molecule has 0 unspecified atom stereocenters. The van der Waals surface area contributed by atoms with Crippen molar-refractivity contribution in [2.75, 3.05) is 5.32 Å². The molecule has 122 valence electrons. The average molecular weight is 309 g/mol. The maximum absolute atomic E-state index is 11.9. The lowest BCUT2D eigenvalue weighted by Crippen LogP contribution is -2.29. The number of carboxylic acids is 1. The molecular weight excluding hydrogens is 286 g/mol. The van der Waals surface area contributed by atoms with Gasteiger partial charge in [-0.1, -0.05) is 0 Å². The van der Waals surface area contributed by atoms with Crippen molar-refractivity contribution in [2.45, 2.75) is 46.6 Å². The summed E-state index contributed by atoms with van der Waals surface area (Å²) in [5, 5.41) is 21.4. The summed E-state index contributed by atoms with van der Waals surface area (Å²) >= 11 is 0. The van der Waals surface area contributed by atoms with Gasteiger partial charge in [0.1, 0.15) is 11.4 Å². The van der Waals surface area contributed by atoms with Crippen molar-refractivity contribution in [3.8, 4) is 5.75 Å². The Labute approximate surface area is 130 Å². The standard InChI is InChI=1S/C16H23NO5/c1-15(2,3)22-14(21)17-12-7-6-11(18)8-10(12)9-16(4,5)13(19)20/h6-8,18H,9H2,1-5H3,(H,17,21)(H,19,20). The topological polar surface area (TPSA) is 95.9 Å². The Hall–Kier alpha value is -2.24. The van der Waals surface area contributed by atoms with E-state index in [9.17, 15) is 19.8 Å². The molecule has 3 N–H and O–H groups in total. The number of carboxylic acid groups (broad SMARTS) is 1. The molecule has 0 aliphatic rings. The summed E-state index contributed by atoms with van der Waals surface area (Å²) in [6.07, 6.45) is -0.477. The van der Waals surface area contributed by atoms with Crippen molar-refractivity contribution < 1.29 is 24.5 Å². The van der Waals surface area contributed by atoms with Crippen LogP contribution in [0.5, 0.6) is 5.75 Å². The van der Waals surface area contributed by atoms with Gasteiger partial charge >= 0.3 is 12.1 Å². The van der Waals surface area contributed by atoms with Gasteiger partial charge in [-0.3, -0.25) is 10.1 Å². The van der Waals surface area contributed by atoms with Gasteiger partial charge in [-0.05, 0) is 64.8 Å². The van der Waals surface area contributed by atoms with Gasteiger partial charge in [0.15, 0.2) is 0 Å². The molecule has 0 saturated carbocycles. The summed E-state index contributed by atoms with van der Waals surface area (Å²) in [5.74, 6) is -0.954. The first-order valence-corrected chi connectivity index (χ1v) is 6.96. The Morgan fingerprint density at radius 2 is 1.77 bits per heavy atom. The van der Waals surface area contributed by atoms with Crippen LogP contribution < -0.4 is 5.32 Å². The van der Waals surface area contributed by atoms with Crippen molar-refractivity contribution in [1.82, 2.24) is 0 Å². The minimum absolute atomic E-state index is 0.00549. The second-order valence-electron chi connectivity index (χ2n) is 6.83. The number of carbonyl (C=O) groups excluding carboxylic acids is 1. The van der Waals surface area contributed by atoms with Crippen LogP contribution in [0.15, 0.2) is 18.2 Å². The normalized spacial score (nSPS) is 11.9. The molecule has 1 amide bonds. The Morgan fingerprint density at radius 3 is 2.27 bits per heavy atom. The fraction of sp³-hybridized carbons (Fsp3) is 0.500. The predicted molar refractivity (Wildman–Crippen MR) is 83.1 cm³/mol. The van der Waals surface area contributed by atoms with Crippen LogP contribution in [-0.4, -0.2) is 27.9 Å². The number of hydrogen-bond acceptors (Lipinski definition) is 4. The van der Waals surface area contributed by atoms with E-state index >= 15 is 0 Å². The Kier molecular flexibility index (Phi) is 5.06. The first-order chi connectivity index (χ1) is 9.90. The van der Waals surface area contributed by atoms with Gasteiger partial charge in [-0.25, -0.2) is 4.79 Å². The molecule has 6 nitrogen and oxygen atoms in total. The predicted octanol–water partition coefficient (Wildman–Crippen LogP) is 3.39. The quantitative estimate of drug-likeness (QED) is 0.741. The number of rotatable bonds is 4. The number of aliphatic carboxylic acids is 1. The van der Waals surface area contributed by atoms with E-state index in [1.807, 2.05) is 0 Å². The number of nitrogens with one attached hydrogen (secondary N) is 1. The van der Waals surface area contributed by atoms with Gasteiger partial charge in [0.05, 0.1) is 5.41 Å². The van der Waals surface area contributed by atoms with E-state index in [1.165, 1.54) is 18.2 Å². The van der Waals surface area contributed by atoms with Gasteiger partial charge in [0.25, 0.3) is 0 Å². The summed E-state index contributed by atoms with van der Waals surface area (Å²) in [6, 6.07) is 4.38. The average Bonchev–Trinajstić information content (AvgIpc) is 2.29. The number of ether oxygens (including phenoxy) is 1. The number of phenols is 1. The van der Waals surface area contributed by atoms with E-state index in [4.69, 9.17) is 4.74 Å². The molecule has 0 bridgehead atoms. The number of carbonyl (C=O) groups is 2. The van der Waals surface area contributed by atoms with E-state index in [0.717, 1.165) is 0 Å². The summed E-state index contributed by atoms with van der Waals surface area (Å²) in [6.45, 7) is 8.40. The van der Waals surface area contributed by atoms with Crippen LogP contribution in [0.25, 0.3) is 0 Å². The summed E-state index contributed by atoms with van der Waals surface area (Å²) in [4.78, 5) is 23.1. The molecule has 0 atom stereocenters. The second kappa shape index (κ2) is 6.25. The highest BCUT2D eigenvalue weighted by Crippen LogP contribution is 2.29. The molecule has 22 heavy (non-hydrogen) atoms. The molecule has 0 aliphatic carbocycles. The Bertz CT molecular complexity index is 572. The molecule has 1 rings (SSSR count). The van der Waals surface area contributed by atoms with Gasteiger partial charge in [-0.2, -0.15) is 0 Å². The SMILES string of the molecule is CC(C)(C)OC(=O)Nc1ccc(O)cc1CC(C)(C)C(=O)O. The first kappa shape index (κ1) is 17.8. The van der Waals surface area contributed by atoms with Gasteiger partial charge < -0.3 is 14.9 Å². The molecule has 1 aromatic rings. The molecule has 0 spiro atoms. The smallest absolute Gasteiger partial charge is 0.412 e. The maximum Gasteiger partial charge on any atom is 0.412 e. The van der Waals surface area contributed by atoms with E-state index < -0.39 is 23.1 Å². The molecule has 6 heteroatoms. The largest absolute Gasteiger partial charge is 0.508 e. The lowest BCUT2D eigenvalue weighted by Gasteiger charge is -2.23. The first-order valence-electron chi connectivity index (χ1n) is 6.96. The lowest BCUT2D eigenvalue weighted by molar-refractivity contribution is -0.146. The third kappa shape index (κ3) is 5.27. The molecule has 0 aromatic heterocycles. The van der Waals surface area contributed by atoms with Gasteiger partial charge in [-0.15, -0.1) is 0 Å². The molecule has 0 heterocycles. The van der Waals surface area contributed by atoms with E-state index in [2.05, 4.69) is 5.32 Å². The van der Waals surface area contributed by atoms with Gasteiger partial charge in [0.2, 0.25) is 0 Å². The van der Waals surface area contributed by atoms with Crippen LogP contribution in [0.4, 0.5) is 10.5 Å². The number of hydrogen-bond donors (Lipinski definition) is 3. The van der Waals surface area contributed by atoms with Crippen molar-refractivity contribution in [1.29, 1.82) is 0 Å². The van der Waals surface area contributed by atoms with Crippen molar-refractivity contribution >= 4 is 17.7 Å². The Morgan fingerprint density at radius 1 is 1.18 bits per heavy atom. The molecule has 0 radical (unpaired) electrons. The molecule has 0 aliphatic heterocycles. The zero-order chi connectivity index (χ0) is 17.1. The second-order valence-corrected chi connectivity index (χ2v) is 6.83. The highest BCUT2D eigenvalue weighted by atomic mass is 16.6. The van der Waals surface area contributed by atoms with Crippen LogP contribution in [0, 0.1) is 5.41 Å². The fourth-order valence-corrected chi connectivity index (χ4v) is 1.81. The molecule has 0 fully saturated rings. The number of phenolic OH excluding ortho intramolecular Hbond substituents is 1. The van der Waals surface area contributed by atoms with Crippen LogP contribution in [0.1, 0.15) is 40.2 Å². The Balaban J connectivity index is 3.01. The van der Waals surface area contributed by atoms with Crippen LogP contribution in [-0.2, 0) is 16.0 Å². The van der Waals surface area contributed by atoms with Crippen LogP contribution in [0.3, 0.4) is 0 Å². The van der Waals surface area contributed by atoms with Crippen molar-refractivity contribution in [3.05, 3.63) is 23.8 Å². The fourth-order valence-electron chi connectivity index (χ4n) is 1.81. The summed E-state index contributed by atoms with van der Waals surface area (Å²) in [7, 11) is 0. The maximum atomic E-state index is 11.9. The van der Waals surface area contributed by atoms with Crippen LogP contribution >= 0.6 is 0 Å². The lowest BCUT2D eigenvalue weighted by atomic mass is 9.85. The van der Waals surface area contributed by atoms with E-state index in [-0.39, 0.29) is 12.2 Å². The highest BCUT2D eigenvalue weighted by Gasteiger charge is 2.29. The monoisotopic (exact) mass is 309 g/mol. The summed E-state index contributed by atoms with van der Waals surface area (Å²) in [5.41, 5.74) is -0.723. The van der Waals surface area contributed by atoms with Crippen molar-refractivity contribution in [2.24, 2.45) is 5.41 Å².